The van der Waals surface area contributed by atoms with Crippen LogP contribution in [0.15, 0.2) is 0 Å². The Hall–Kier alpha value is -1.10. The molecule has 5 heteroatoms. The first kappa shape index (κ1) is 14.0. The number of carbonyl (C=O) groups is 2. The Morgan fingerprint density at radius 2 is 2.12 bits per heavy atom. The van der Waals surface area contributed by atoms with Crippen LogP contribution in [0.4, 0.5) is 0 Å². The number of nitrogens with zero attached hydrogens (tertiary/aromatic N) is 1. The Morgan fingerprint density at radius 3 is 2.65 bits per heavy atom. The van der Waals surface area contributed by atoms with E-state index in [9.17, 15) is 9.59 Å². The number of carbonyl (C=O) groups excluding carboxylic acids is 1. The van der Waals surface area contributed by atoms with E-state index in [1.54, 1.807) is 0 Å². The first-order valence-corrected chi connectivity index (χ1v) is 6.02. The fourth-order valence-electron chi connectivity index (χ4n) is 2.33. The molecule has 5 nitrogen and oxygen atoms in total. The van der Waals surface area contributed by atoms with Gasteiger partial charge >= 0.3 is 11.9 Å². The number of likely N-dealkylation sites (tertiary alicyclic amines) is 1. The van der Waals surface area contributed by atoms with Crippen LogP contribution in [0.3, 0.4) is 0 Å². The maximum Gasteiger partial charge on any atom is 0.394 e. The predicted molar refractivity (Wildman–Crippen MR) is 64.6 cm³/mol. The molecule has 0 spiro atoms. The molecule has 0 aromatic heterocycles. The van der Waals surface area contributed by atoms with Gasteiger partial charge < -0.3 is 15.3 Å². The van der Waals surface area contributed by atoms with Gasteiger partial charge in [-0.3, -0.25) is 4.79 Å². The van der Waals surface area contributed by atoms with Crippen LogP contribution in [0.25, 0.3) is 0 Å². The van der Waals surface area contributed by atoms with Crippen LogP contribution >= 0.6 is 0 Å². The van der Waals surface area contributed by atoms with Gasteiger partial charge in [0.1, 0.15) is 0 Å². The lowest BCUT2D eigenvalue weighted by atomic mass is 9.74. The van der Waals surface area contributed by atoms with Crippen molar-refractivity contribution in [3.8, 4) is 0 Å². The molecule has 1 saturated heterocycles. The van der Waals surface area contributed by atoms with Crippen molar-refractivity contribution in [1.29, 1.82) is 0 Å². The quantitative estimate of drug-likeness (QED) is 0.709. The summed E-state index contributed by atoms with van der Waals surface area (Å²) in [6.45, 7) is 6.71. The minimum Gasteiger partial charge on any atom is -0.474 e. The SMILES string of the molecule is CN1CCCC(C(C)(C)CNC(=O)C(=O)O)C1. The first-order valence-electron chi connectivity index (χ1n) is 6.02. The third kappa shape index (κ3) is 4.00. The summed E-state index contributed by atoms with van der Waals surface area (Å²) in [6, 6.07) is 0. The Morgan fingerprint density at radius 1 is 1.47 bits per heavy atom. The summed E-state index contributed by atoms with van der Waals surface area (Å²) in [4.78, 5) is 23.7. The van der Waals surface area contributed by atoms with Gasteiger partial charge in [0.15, 0.2) is 0 Å². The molecule has 0 aromatic carbocycles. The minimum atomic E-state index is -1.42. The number of amides is 1. The molecular formula is C12H22N2O3. The zero-order chi connectivity index (χ0) is 13.1. The number of aliphatic carboxylic acids is 1. The van der Waals surface area contributed by atoms with Gasteiger partial charge in [-0.05, 0) is 37.8 Å². The Kier molecular flexibility index (Phi) is 4.51. The molecule has 0 saturated carbocycles. The molecule has 0 aliphatic carbocycles. The fraction of sp³-hybridized carbons (Fsp3) is 0.833. The molecule has 1 rings (SSSR count). The monoisotopic (exact) mass is 242 g/mol. The van der Waals surface area contributed by atoms with Gasteiger partial charge in [0.05, 0.1) is 0 Å². The summed E-state index contributed by atoms with van der Waals surface area (Å²) in [5.41, 5.74) is -0.0697. The van der Waals surface area contributed by atoms with E-state index in [1.165, 1.54) is 0 Å². The van der Waals surface area contributed by atoms with E-state index < -0.39 is 11.9 Å². The summed E-state index contributed by atoms with van der Waals surface area (Å²) in [5.74, 6) is -1.83. The summed E-state index contributed by atoms with van der Waals surface area (Å²) >= 11 is 0. The van der Waals surface area contributed by atoms with Crippen LogP contribution in [-0.2, 0) is 9.59 Å². The molecule has 2 N–H and O–H groups in total. The molecule has 0 bridgehead atoms. The minimum absolute atomic E-state index is 0.0697. The van der Waals surface area contributed by atoms with Crippen molar-refractivity contribution in [2.24, 2.45) is 11.3 Å². The van der Waals surface area contributed by atoms with Crippen LogP contribution < -0.4 is 5.32 Å². The molecule has 0 radical (unpaired) electrons. The lowest BCUT2D eigenvalue weighted by Gasteiger charge is -2.40. The van der Waals surface area contributed by atoms with E-state index in [0.717, 1.165) is 25.9 Å². The van der Waals surface area contributed by atoms with Crippen molar-refractivity contribution in [3.05, 3.63) is 0 Å². The summed E-state index contributed by atoms with van der Waals surface area (Å²) in [6.07, 6.45) is 2.30. The standard InChI is InChI=1S/C12H22N2O3/c1-12(2,8-13-10(15)11(16)17)9-5-4-6-14(3)7-9/h9H,4-8H2,1-3H3,(H,13,15)(H,16,17). The molecule has 1 aliphatic rings. The molecule has 1 atom stereocenters. The third-order valence-corrected chi connectivity index (χ3v) is 3.63. The second-order valence-electron chi connectivity index (χ2n) is 5.58. The van der Waals surface area contributed by atoms with E-state index in [0.29, 0.717) is 12.5 Å². The molecule has 1 amide bonds. The smallest absolute Gasteiger partial charge is 0.394 e. The van der Waals surface area contributed by atoms with Crippen molar-refractivity contribution < 1.29 is 14.7 Å². The van der Waals surface area contributed by atoms with Crippen LogP contribution in [0, 0.1) is 11.3 Å². The molecule has 17 heavy (non-hydrogen) atoms. The average Bonchev–Trinajstić information content (AvgIpc) is 2.26. The molecule has 1 unspecified atom stereocenters. The number of hydrogen-bond acceptors (Lipinski definition) is 3. The number of carboxylic acids is 1. The highest BCUT2D eigenvalue weighted by atomic mass is 16.4. The van der Waals surface area contributed by atoms with Crippen LogP contribution in [-0.4, -0.2) is 48.6 Å². The highest BCUT2D eigenvalue weighted by molar-refractivity contribution is 6.31. The molecular weight excluding hydrogens is 220 g/mol. The molecule has 1 heterocycles. The number of hydrogen-bond donors (Lipinski definition) is 2. The lowest BCUT2D eigenvalue weighted by Crippen LogP contribution is -2.46. The normalized spacial score (nSPS) is 22.2. The Bertz CT molecular complexity index is 302. The van der Waals surface area contributed by atoms with Gasteiger partial charge in [-0.15, -0.1) is 0 Å². The second kappa shape index (κ2) is 5.49. The van der Waals surface area contributed by atoms with E-state index >= 15 is 0 Å². The number of nitrogens with one attached hydrogen (secondary N) is 1. The summed E-state index contributed by atoms with van der Waals surface area (Å²) in [5, 5.41) is 11.0. The highest BCUT2D eigenvalue weighted by Crippen LogP contribution is 2.32. The van der Waals surface area contributed by atoms with Gasteiger partial charge in [0.2, 0.25) is 0 Å². The highest BCUT2D eigenvalue weighted by Gasteiger charge is 2.32. The molecule has 1 fully saturated rings. The molecule has 1 aliphatic heterocycles. The second-order valence-corrected chi connectivity index (χ2v) is 5.58. The van der Waals surface area contributed by atoms with Crippen molar-refractivity contribution >= 4 is 11.9 Å². The van der Waals surface area contributed by atoms with Crippen molar-refractivity contribution in [2.45, 2.75) is 26.7 Å². The molecule has 0 aromatic rings. The zero-order valence-corrected chi connectivity index (χ0v) is 10.8. The van der Waals surface area contributed by atoms with E-state index in [4.69, 9.17) is 5.11 Å². The summed E-state index contributed by atoms with van der Waals surface area (Å²) < 4.78 is 0. The van der Waals surface area contributed by atoms with Gasteiger partial charge in [0, 0.05) is 13.1 Å². The van der Waals surface area contributed by atoms with Crippen molar-refractivity contribution in [1.82, 2.24) is 10.2 Å². The summed E-state index contributed by atoms with van der Waals surface area (Å²) in [7, 11) is 2.10. The van der Waals surface area contributed by atoms with Crippen LogP contribution in [0.2, 0.25) is 0 Å². The van der Waals surface area contributed by atoms with Crippen molar-refractivity contribution in [2.75, 3.05) is 26.7 Å². The first-order chi connectivity index (χ1) is 7.83. The van der Waals surface area contributed by atoms with Gasteiger partial charge in [-0.1, -0.05) is 13.8 Å². The number of rotatable bonds is 3. The van der Waals surface area contributed by atoms with Gasteiger partial charge in [0.25, 0.3) is 0 Å². The van der Waals surface area contributed by atoms with E-state index in [2.05, 4.69) is 31.1 Å². The zero-order valence-electron chi connectivity index (χ0n) is 10.8. The maximum absolute atomic E-state index is 11.0. The predicted octanol–water partition coefficient (Wildman–Crippen LogP) is 0.555. The topological polar surface area (TPSA) is 69.6 Å². The largest absolute Gasteiger partial charge is 0.474 e. The third-order valence-electron chi connectivity index (χ3n) is 3.63. The fourth-order valence-corrected chi connectivity index (χ4v) is 2.33. The van der Waals surface area contributed by atoms with E-state index in [-0.39, 0.29) is 5.41 Å². The number of carboxylic acid groups (broad SMARTS) is 1. The number of piperidine rings is 1. The van der Waals surface area contributed by atoms with Gasteiger partial charge in [-0.2, -0.15) is 0 Å². The maximum atomic E-state index is 11.0. The Labute approximate surface area is 102 Å². The van der Waals surface area contributed by atoms with Gasteiger partial charge in [-0.25, -0.2) is 4.79 Å². The average molecular weight is 242 g/mol. The van der Waals surface area contributed by atoms with E-state index in [1.807, 2.05) is 0 Å². The lowest BCUT2D eigenvalue weighted by molar-refractivity contribution is -0.150. The Balaban J connectivity index is 2.49. The molecule has 98 valence electrons. The van der Waals surface area contributed by atoms with Crippen LogP contribution in [0.1, 0.15) is 26.7 Å². The van der Waals surface area contributed by atoms with Crippen LogP contribution in [0.5, 0.6) is 0 Å². The van der Waals surface area contributed by atoms with Crippen molar-refractivity contribution in [3.63, 3.8) is 0 Å².